The van der Waals surface area contributed by atoms with E-state index < -0.39 is 6.04 Å². The molecular weight excluding hydrogens is 330 g/mol. The molecule has 0 aliphatic carbocycles. The van der Waals surface area contributed by atoms with Crippen LogP contribution in [0.25, 0.3) is 11.0 Å². The number of pyridine rings is 1. The summed E-state index contributed by atoms with van der Waals surface area (Å²) in [5.74, 6) is -0.0965. The van der Waals surface area contributed by atoms with Crippen LogP contribution in [0.4, 0.5) is 0 Å². The molecule has 6 nitrogen and oxygen atoms in total. The standard InChI is InChI=1S/C20H19N3O3/c1-22(2)11-12-23-17(13-7-9-21-10-8-13)16-18(24)14-5-3-4-6-15(14)26-19(16)20(23)25/h3-10,17H,11-12H2,1-2H3. The van der Waals surface area contributed by atoms with Crippen LogP contribution in [0.1, 0.15) is 27.7 Å². The minimum atomic E-state index is -0.457. The van der Waals surface area contributed by atoms with Crippen molar-refractivity contribution in [3.63, 3.8) is 0 Å². The van der Waals surface area contributed by atoms with Gasteiger partial charge in [-0.2, -0.15) is 0 Å². The van der Waals surface area contributed by atoms with Crippen molar-refractivity contribution in [3.05, 3.63) is 75.9 Å². The monoisotopic (exact) mass is 349 g/mol. The highest BCUT2D eigenvalue weighted by Gasteiger charge is 2.42. The van der Waals surface area contributed by atoms with Crippen molar-refractivity contribution in [1.29, 1.82) is 0 Å². The molecule has 1 atom stereocenters. The highest BCUT2D eigenvalue weighted by molar-refractivity contribution is 5.99. The maximum atomic E-state index is 13.2. The lowest BCUT2D eigenvalue weighted by molar-refractivity contribution is 0.0716. The molecule has 2 aromatic heterocycles. The van der Waals surface area contributed by atoms with Gasteiger partial charge < -0.3 is 14.2 Å². The molecule has 0 spiro atoms. The van der Waals surface area contributed by atoms with Crippen LogP contribution in [0.15, 0.2) is 58.0 Å². The highest BCUT2D eigenvalue weighted by atomic mass is 16.3. The Morgan fingerprint density at radius 2 is 1.85 bits per heavy atom. The number of carbonyl (C=O) groups is 1. The molecule has 0 saturated heterocycles. The van der Waals surface area contributed by atoms with Crippen molar-refractivity contribution in [2.75, 3.05) is 27.2 Å². The van der Waals surface area contributed by atoms with Crippen LogP contribution >= 0.6 is 0 Å². The van der Waals surface area contributed by atoms with Gasteiger partial charge in [-0.1, -0.05) is 12.1 Å². The fourth-order valence-corrected chi connectivity index (χ4v) is 3.40. The first kappa shape index (κ1) is 16.5. The number of benzene rings is 1. The van der Waals surface area contributed by atoms with Crippen LogP contribution in [-0.4, -0.2) is 47.9 Å². The lowest BCUT2D eigenvalue weighted by Crippen LogP contribution is -2.35. The molecule has 26 heavy (non-hydrogen) atoms. The summed E-state index contributed by atoms with van der Waals surface area (Å²) >= 11 is 0. The molecule has 3 aromatic rings. The van der Waals surface area contributed by atoms with E-state index in [9.17, 15) is 9.59 Å². The summed E-state index contributed by atoms with van der Waals surface area (Å²) in [6.45, 7) is 1.19. The zero-order valence-corrected chi connectivity index (χ0v) is 14.7. The zero-order valence-electron chi connectivity index (χ0n) is 14.7. The van der Waals surface area contributed by atoms with Crippen LogP contribution in [0.3, 0.4) is 0 Å². The molecule has 3 heterocycles. The molecule has 1 unspecified atom stereocenters. The Bertz CT molecular complexity index is 1030. The van der Waals surface area contributed by atoms with Gasteiger partial charge in [0, 0.05) is 25.5 Å². The Balaban J connectivity index is 1.93. The number of aromatic nitrogens is 1. The van der Waals surface area contributed by atoms with Gasteiger partial charge in [0.15, 0.2) is 5.43 Å². The van der Waals surface area contributed by atoms with Gasteiger partial charge in [-0.05, 0) is 43.9 Å². The van der Waals surface area contributed by atoms with E-state index in [2.05, 4.69) is 4.98 Å². The van der Waals surface area contributed by atoms with Crippen molar-refractivity contribution in [2.24, 2.45) is 0 Å². The molecule has 6 heteroatoms. The highest BCUT2D eigenvalue weighted by Crippen LogP contribution is 2.37. The first-order chi connectivity index (χ1) is 12.6. The van der Waals surface area contributed by atoms with E-state index in [1.807, 2.05) is 31.1 Å². The molecular formula is C20H19N3O3. The van der Waals surface area contributed by atoms with Crippen LogP contribution in [0, 0.1) is 0 Å². The number of fused-ring (bicyclic) bond motifs is 2. The molecule has 132 valence electrons. The van der Waals surface area contributed by atoms with E-state index >= 15 is 0 Å². The minimum absolute atomic E-state index is 0.147. The van der Waals surface area contributed by atoms with Crippen molar-refractivity contribution in [1.82, 2.24) is 14.8 Å². The van der Waals surface area contributed by atoms with E-state index in [1.165, 1.54) is 0 Å². The van der Waals surface area contributed by atoms with Gasteiger partial charge in [0.25, 0.3) is 5.91 Å². The molecule has 0 radical (unpaired) electrons. The van der Waals surface area contributed by atoms with Crippen LogP contribution in [-0.2, 0) is 0 Å². The SMILES string of the molecule is CN(C)CCN1C(=O)c2oc3ccccc3c(=O)c2C1c1ccncc1. The zero-order chi connectivity index (χ0) is 18.3. The number of rotatable bonds is 4. The fourth-order valence-electron chi connectivity index (χ4n) is 3.40. The van der Waals surface area contributed by atoms with Crippen LogP contribution in [0.2, 0.25) is 0 Å². The second kappa shape index (κ2) is 6.38. The maximum absolute atomic E-state index is 13.2. The fraction of sp³-hybridized carbons (Fsp3) is 0.250. The first-order valence-electron chi connectivity index (χ1n) is 8.49. The third kappa shape index (κ3) is 2.59. The van der Waals surface area contributed by atoms with E-state index in [0.717, 1.165) is 5.56 Å². The Labute approximate surface area is 150 Å². The smallest absolute Gasteiger partial charge is 0.290 e. The maximum Gasteiger partial charge on any atom is 0.290 e. The lowest BCUT2D eigenvalue weighted by atomic mass is 9.99. The molecule has 4 rings (SSSR count). The number of para-hydroxylation sites is 1. The predicted octanol–water partition coefficient (Wildman–Crippen LogP) is 2.29. The second-order valence-electron chi connectivity index (χ2n) is 6.66. The van der Waals surface area contributed by atoms with Crippen LogP contribution in [0.5, 0.6) is 0 Å². The van der Waals surface area contributed by atoms with Gasteiger partial charge in [0.1, 0.15) is 5.58 Å². The molecule has 1 aliphatic rings. The summed E-state index contributed by atoms with van der Waals surface area (Å²) < 4.78 is 5.87. The van der Waals surface area contributed by atoms with Gasteiger partial charge in [0.05, 0.1) is 17.0 Å². The van der Waals surface area contributed by atoms with Gasteiger partial charge in [0.2, 0.25) is 5.76 Å². The number of nitrogens with zero attached hydrogens (tertiary/aromatic N) is 3. The average molecular weight is 349 g/mol. The topological polar surface area (TPSA) is 66.7 Å². The quantitative estimate of drug-likeness (QED) is 0.723. The molecule has 0 bridgehead atoms. The minimum Gasteiger partial charge on any atom is -0.450 e. The Morgan fingerprint density at radius 1 is 1.12 bits per heavy atom. The molecule has 0 saturated carbocycles. The third-order valence-electron chi connectivity index (χ3n) is 4.68. The Morgan fingerprint density at radius 3 is 2.58 bits per heavy atom. The van der Waals surface area contributed by atoms with E-state index in [4.69, 9.17) is 4.42 Å². The van der Waals surface area contributed by atoms with Gasteiger partial charge in [-0.3, -0.25) is 14.6 Å². The molecule has 0 fully saturated rings. The Hall–Kier alpha value is -2.99. The number of amides is 1. The number of hydrogen-bond acceptors (Lipinski definition) is 5. The molecule has 0 N–H and O–H groups in total. The van der Waals surface area contributed by atoms with Crippen molar-refractivity contribution in [3.8, 4) is 0 Å². The average Bonchev–Trinajstić information content (AvgIpc) is 2.93. The summed E-state index contributed by atoms with van der Waals surface area (Å²) in [5.41, 5.74) is 1.56. The summed E-state index contributed by atoms with van der Waals surface area (Å²) in [6.07, 6.45) is 3.34. The molecule has 1 aliphatic heterocycles. The van der Waals surface area contributed by atoms with Crippen molar-refractivity contribution < 1.29 is 9.21 Å². The molecule has 1 aromatic carbocycles. The second-order valence-corrected chi connectivity index (χ2v) is 6.66. The van der Waals surface area contributed by atoms with E-state index in [-0.39, 0.29) is 17.1 Å². The van der Waals surface area contributed by atoms with E-state index in [1.54, 1.807) is 41.6 Å². The lowest BCUT2D eigenvalue weighted by Gasteiger charge is -2.26. The van der Waals surface area contributed by atoms with Crippen LogP contribution < -0.4 is 5.43 Å². The Kier molecular flexibility index (Phi) is 4.05. The number of carbonyl (C=O) groups excluding carboxylic acids is 1. The van der Waals surface area contributed by atoms with Gasteiger partial charge in [-0.15, -0.1) is 0 Å². The predicted molar refractivity (Wildman–Crippen MR) is 98.2 cm³/mol. The summed E-state index contributed by atoms with van der Waals surface area (Å²) in [5, 5.41) is 0.493. The third-order valence-corrected chi connectivity index (χ3v) is 4.68. The van der Waals surface area contributed by atoms with Crippen molar-refractivity contribution in [2.45, 2.75) is 6.04 Å². The summed E-state index contributed by atoms with van der Waals surface area (Å²) in [4.78, 5) is 34.0. The van der Waals surface area contributed by atoms with Gasteiger partial charge in [-0.25, -0.2) is 0 Å². The largest absolute Gasteiger partial charge is 0.450 e. The van der Waals surface area contributed by atoms with Gasteiger partial charge >= 0.3 is 0 Å². The number of likely N-dealkylation sites (N-methyl/N-ethyl adjacent to an activating group) is 1. The van der Waals surface area contributed by atoms with E-state index in [0.29, 0.717) is 29.6 Å². The summed E-state index contributed by atoms with van der Waals surface area (Å²) in [7, 11) is 3.90. The van der Waals surface area contributed by atoms with Crippen molar-refractivity contribution >= 4 is 16.9 Å². The normalized spacial score (nSPS) is 16.5. The number of hydrogen-bond donors (Lipinski definition) is 0. The molecule has 1 amide bonds. The first-order valence-corrected chi connectivity index (χ1v) is 8.49. The summed E-state index contributed by atoms with van der Waals surface area (Å²) in [6, 6.07) is 10.3.